The molecule has 0 spiro atoms. The Hall–Kier alpha value is -3.45. The zero-order chi connectivity index (χ0) is 31.0. The second kappa shape index (κ2) is 12.7. The predicted molar refractivity (Wildman–Crippen MR) is 171 cm³/mol. The number of methoxy groups -OCH3 is 2. The second-order valence-corrected chi connectivity index (χ2v) is 12.2. The number of hydrogen-bond acceptors (Lipinski definition) is 5. The number of halogens is 3. The molecule has 3 aromatic carbocycles. The van der Waals surface area contributed by atoms with Crippen LogP contribution in [0.25, 0.3) is 22.3 Å². The molecular formula is C34H32Cl3NO5. The third-order valence-electron chi connectivity index (χ3n) is 8.20. The molecule has 2 unspecified atom stereocenters. The molecular weight excluding hydrogens is 609 g/mol. The third kappa shape index (κ3) is 6.14. The predicted octanol–water partition coefficient (Wildman–Crippen LogP) is 8.79. The van der Waals surface area contributed by atoms with Gasteiger partial charge in [-0.25, -0.2) is 9.59 Å². The van der Waals surface area contributed by atoms with Crippen LogP contribution in [0.5, 0.6) is 5.75 Å². The zero-order valence-corrected chi connectivity index (χ0v) is 26.8. The van der Waals surface area contributed by atoms with Gasteiger partial charge in [0.15, 0.2) is 0 Å². The standard InChI is InChI=1S/C34H32Cl3NO5/c1-18-12-22(33(39)42-5)6-9-26(18)21-7-11-31(41-4)29(14-21)27-10-8-24(35)13-23(27)17-38-20(3)32(43-34(38)40)28-15-25(36)16-30(37)19(28)2/h6-16,19-20,30,32H,17H2,1-5H3/t19?,20-,30?,32-/m0/s1. The lowest BCUT2D eigenvalue weighted by Crippen LogP contribution is -2.36. The number of alkyl halides is 1. The lowest BCUT2D eigenvalue weighted by molar-refractivity contribution is 0.0600. The fraction of sp³-hybridized carbons (Fsp3) is 0.294. The third-order valence-corrected chi connectivity index (χ3v) is 9.18. The lowest BCUT2D eigenvalue weighted by atomic mass is 9.86. The van der Waals surface area contributed by atoms with Crippen molar-refractivity contribution in [3.05, 3.63) is 99.1 Å². The highest BCUT2D eigenvalue weighted by molar-refractivity contribution is 6.32. The van der Waals surface area contributed by atoms with E-state index in [4.69, 9.17) is 49.0 Å². The van der Waals surface area contributed by atoms with Gasteiger partial charge in [-0.1, -0.05) is 48.3 Å². The molecule has 1 saturated heterocycles. The van der Waals surface area contributed by atoms with Gasteiger partial charge < -0.3 is 14.2 Å². The summed E-state index contributed by atoms with van der Waals surface area (Å²) in [7, 11) is 2.99. The quantitative estimate of drug-likeness (QED) is 0.191. The minimum Gasteiger partial charge on any atom is -0.496 e. The van der Waals surface area contributed by atoms with Crippen molar-refractivity contribution in [1.82, 2.24) is 4.90 Å². The maximum atomic E-state index is 13.2. The lowest BCUT2D eigenvalue weighted by Gasteiger charge is -2.29. The van der Waals surface area contributed by atoms with Gasteiger partial charge >= 0.3 is 12.1 Å². The Labute approximate surface area is 266 Å². The Balaban J connectivity index is 1.51. The molecule has 3 aromatic rings. The van der Waals surface area contributed by atoms with Gasteiger partial charge in [-0.05, 0) is 95.8 Å². The molecule has 0 saturated carbocycles. The summed E-state index contributed by atoms with van der Waals surface area (Å²) in [6, 6.07) is 16.8. The van der Waals surface area contributed by atoms with Crippen molar-refractivity contribution in [1.29, 1.82) is 0 Å². The first kappa shape index (κ1) is 31.0. The van der Waals surface area contributed by atoms with E-state index in [1.54, 1.807) is 24.2 Å². The van der Waals surface area contributed by atoms with E-state index in [1.165, 1.54) is 7.11 Å². The van der Waals surface area contributed by atoms with Crippen molar-refractivity contribution in [2.45, 2.75) is 44.8 Å². The molecule has 0 N–H and O–H groups in total. The van der Waals surface area contributed by atoms with Gasteiger partial charge in [0, 0.05) is 21.5 Å². The minimum absolute atomic E-state index is 0.0387. The van der Waals surface area contributed by atoms with Crippen molar-refractivity contribution in [3.63, 3.8) is 0 Å². The fourth-order valence-electron chi connectivity index (χ4n) is 5.78. The fourth-order valence-corrected chi connectivity index (χ4v) is 6.58. The van der Waals surface area contributed by atoms with Crippen LogP contribution < -0.4 is 4.74 Å². The number of amides is 1. The number of esters is 1. The summed E-state index contributed by atoms with van der Waals surface area (Å²) in [6.45, 7) is 6.19. The van der Waals surface area contributed by atoms with Crippen LogP contribution in [0.1, 0.15) is 35.3 Å². The summed E-state index contributed by atoms with van der Waals surface area (Å²) >= 11 is 19.3. The average molecular weight is 641 g/mol. The first-order chi connectivity index (χ1) is 20.5. The molecule has 0 bridgehead atoms. The highest BCUT2D eigenvalue weighted by atomic mass is 35.5. The number of nitrogens with zero attached hydrogens (tertiary/aromatic N) is 1. The number of allylic oxidation sites excluding steroid dienone is 3. The number of cyclic esters (lactones) is 1. The Morgan fingerprint density at radius 2 is 1.72 bits per heavy atom. The van der Waals surface area contributed by atoms with E-state index in [1.807, 2.05) is 75.4 Å². The SMILES string of the molecule is COC(=O)c1ccc(-c2ccc(OC)c(-c3ccc(Cl)cc3CN3C(=O)O[C@H](C4=CC(Cl)=CC(Cl)C4C)[C@@H]3C)c2)c(C)c1. The van der Waals surface area contributed by atoms with Crippen LogP contribution in [0.4, 0.5) is 4.79 Å². The van der Waals surface area contributed by atoms with E-state index in [9.17, 15) is 9.59 Å². The maximum Gasteiger partial charge on any atom is 0.411 e. The van der Waals surface area contributed by atoms with Crippen molar-refractivity contribution in [3.8, 4) is 28.0 Å². The van der Waals surface area contributed by atoms with Gasteiger partial charge in [0.05, 0.1) is 37.7 Å². The van der Waals surface area contributed by atoms with Gasteiger partial charge in [0.25, 0.3) is 0 Å². The van der Waals surface area contributed by atoms with Crippen molar-refractivity contribution in [2.75, 3.05) is 14.2 Å². The molecule has 9 heteroatoms. The number of carbonyl (C=O) groups excluding carboxylic acids is 2. The van der Waals surface area contributed by atoms with E-state index < -0.39 is 12.2 Å². The first-order valence-electron chi connectivity index (χ1n) is 13.9. The van der Waals surface area contributed by atoms with Crippen LogP contribution in [-0.2, 0) is 16.0 Å². The van der Waals surface area contributed by atoms with E-state index >= 15 is 0 Å². The number of rotatable bonds is 7. The summed E-state index contributed by atoms with van der Waals surface area (Å²) in [6.07, 6.45) is 2.74. The number of carbonyl (C=O) groups is 2. The molecule has 0 aromatic heterocycles. The molecule has 5 rings (SSSR count). The average Bonchev–Trinajstić information content (AvgIpc) is 3.26. The molecule has 1 amide bonds. The van der Waals surface area contributed by atoms with Gasteiger partial charge in [0.2, 0.25) is 0 Å². The summed E-state index contributed by atoms with van der Waals surface area (Å²) < 4.78 is 16.5. The van der Waals surface area contributed by atoms with Crippen molar-refractivity contribution >= 4 is 46.9 Å². The molecule has 1 heterocycles. The Morgan fingerprint density at radius 1 is 0.977 bits per heavy atom. The second-order valence-electron chi connectivity index (χ2n) is 10.8. The summed E-state index contributed by atoms with van der Waals surface area (Å²) in [5, 5.41) is 0.798. The normalized spacial score (nSPS) is 21.7. The van der Waals surface area contributed by atoms with E-state index in [-0.39, 0.29) is 29.9 Å². The Kier molecular flexibility index (Phi) is 9.12. The Bertz CT molecular complexity index is 1650. The molecule has 4 atom stereocenters. The summed E-state index contributed by atoms with van der Waals surface area (Å²) in [5.74, 6) is 0.245. The van der Waals surface area contributed by atoms with Gasteiger partial charge in [-0.2, -0.15) is 0 Å². The summed E-state index contributed by atoms with van der Waals surface area (Å²) in [5.41, 5.74) is 6.76. The molecule has 2 aliphatic rings. The van der Waals surface area contributed by atoms with Crippen molar-refractivity contribution < 1.29 is 23.8 Å². The highest BCUT2D eigenvalue weighted by Crippen LogP contribution is 2.41. The van der Waals surface area contributed by atoms with E-state index in [2.05, 4.69) is 0 Å². The first-order valence-corrected chi connectivity index (χ1v) is 15.1. The monoisotopic (exact) mass is 639 g/mol. The number of hydrogen-bond donors (Lipinski definition) is 0. The van der Waals surface area contributed by atoms with Crippen LogP contribution >= 0.6 is 34.8 Å². The minimum atomic E-state index is -0.484. The van der Waals surface area contributed by atoms with Crippen LogP contribution in [-0.4, -0.2) is 48.7 Å². The van der Waals surface area contributed by atoms with Crippen LogP contribution in [0.3, 0.4) is 0 Å². The van der Waals surface area contributed by atoms with Crippen molar-refractivity contribution in [2.24, 2.45) is 5.92 Å². The summed E-state index contributed by atoms with van der Waals surface area (Å²) in [4.78, 5) is 27.0. The molecule has 1 aliphatic carbocycles. The van der Waals surface area contributed by atoms with Gasteiger partial charge in [-0.3, -0.25) is 4.90 Å². The number of aryl methyl sites for hydroxylation is 1. The highest BCUT2D eigenvalue weighted by Gasteiger charge is 2.43. The van der Waals surface area contributed by atoms with Gasteiger partial charge in [-0.15, -0.1) is 11.6 Å². The topological polar surface area (TPSA) is 65.1 Å². The van der Waals surface area contributed by atoms with Crippen LogP contribution in [0.15, 0.2) is 77.4 Å². The number of benzene rings is 3. The largest absolute Gasteiger partial charge is 0.496 e. The molecule has 43 heavy (non-hydrogen) atoms. The number of ether oxygens (including phenoxy) is 3. The molecule has 6 nitrogen and oxygen atoms in total. The molecule has 224 valence electrons. The molecule has 0 radical (unpaired) electrons. The zero-order valence-electron chi connectivity index (χ0n) is 24.5. The van der Waals surface area contributed by atoms with E-state index in [0.29, 0.717) is 21.4 Å². The van der Waals surface area contributed by atoms with Gasteiger partial charge in [0.1, 0.15) is 11.9 Å². The van der Waals surface area contributed by atoms with E-state index in [0.717, 1.165) is 39.0 Å². The maximum absolute atomic E-state index is 13.2. The van der Waals surface area contributed by atoms with Crippen LogP contribution in [0.2, 0.25) is 5.02 Å². The Morgan fingerprint density at radius 3 is 2.42 bits per heavy atom. The smallest absolute Gasteiger partial charge is 0.411 e. The van der Waals surface area contributed by atoms with Crippen LogP contribution in [0, 0.1) is 12.8 Å². The molecule has 1 aliphatic heterocycles. The molecule has 1 fully saturated rings.